The standard InChI is InChI=1S/C28H26Cl2N2O3/c29-23-7-4-8-24(30)26(23)27(33)31-25(28(34)35)17-19-9-11-21(12-10-19)22-13-15-32(16-14-22)18-20-5-2-1-3-6-20/h1-13,25H,14-18H2,(H,31,33)(H,34,35)/t25-/m0/s1. The number of nitrogens with zero attached hydrogens (tertiary/aromatic N) is 1. The average molecular weight is 509 g/mol. The Balaban J connectivity index is 1.38. The summed E-state index contributed by atoms with van der Waals surface area (Å²) in [5, 5.41) is 12.6. The van der Waals surface area contributed by atoms with Gasteiger partial charge in [-0.2, -0.15) is 0 Å². The Labute approximate surface area is 215 Å². The second-order valence-electron chi connectivity index (χ2n) is 8.56. The number of amides is 1. The average Bonchev–Trinajstić information content (AvgIpc) is 2.85. The highest BCUT2D eigenvalue weighted by molar-refractivity contribution is 6.39. The van der Waals surface area contributed by atoms with Crippen LogP contribution >= 0.6 is 23.2 Å². The van der Waals surface area contributed by atoms with E-state index in [9.17, 15) is 14.7 Å². The lowest BCUT2D eigenvalue weighted by atomic mass is 9.96. The predicted octanol–water partition coefficient (Wildman–Crippen LogP) is 5.71. The zero-order valence-electron chi connectivity index (χ0n) is 19.1. The Bertz CT molecular complexity index is 1210. The van der Waals surface area contributed by atoms with Crippen LogP contribution in [0.25, 0.3) is 5.57 Å². The number of carboxylic acids is 1. The number of aliphatic carboxylic acids is 1. The monoisotopic (exact) mass is 508 g/mol. The van der Waals surface area contributed by atoms with Crippen molar-refractivity contribution in [3.8, 4) is 0 Å². The number of hydrogen-bond donors (Lipinski definition) is 2. The first-order valence-electron chi connectivity index (χ1n) is 11.4. The molecule has 2 N–H and O–H groups in total. The van der Waals surface area contributed by atoms with Crippen molar-refractivity contribution in [2.45, 2.75) is 25.4 Å². The number of carboxylic acid groups (broad SMARTS) is 1. The van der Waals surface area contributed by atoms with Gasteiger partial charge in [0.2, 0.25) is 0 Å². The summed E-state index contributed by atoms with van der Waals surface area (Å²) in [6, 6.07) is 21.9. The Morgan fingerprint density at radius 3 is 2.20 bits per heavy atom. The zero-order chi connectivity index (χ0) is 24.8. The molecule has 7 heteroatoms. The van der Waals surface area contributed by atoms with E-state index < -0.39 is 17.9 Å². The second kappa shape index (κ2) is 11.5. The van der Waals surface area contributed by atoms with Gasteiger partial charge in [0.1, 0.15) is 6.04 Å². The van der Waals surface area contributed by atoms with Crippen molar-refractivity contribution in [3.05, 3.63) is 111 Å². The van der Waals surface area contributed by atoms with Crippen molar-refractivity contribution in [1.29, 1.82) is 0 Å². The SMILES string of the molecule is O=C(N[C@@H](Cc1ccc(C2=CCN(Cc3ccccc3)CC2)cc1)C(=O)O)c1c(Cl)cccc1Cl. The van der Waals surface area contributed by atoms with Crippen LogP contribution in [0.15, 0.2) is 78.9 Å². The zero-order valence-corrected chi connectivity index (χ0v) is 20.6. The molecule has 0 aromatic heterocycles. The molecule has 35 heavy (non-hydrogen) atoms. The lowest BCUT2D eigenvalue weighted by Gasteiger charge is -2.26. The number of carbonyl (C=O) groups excluding carboxylic acids is 1. The molecule has 1 aliphatic rings. The maximum Gasteiger partial charge on any atom is 0.326 e. The number of rotatable bonds is 8. The molecule has 1 heterocycles. The number of halogens is 2. The molecule has 3 aromatic carbocycles. The van der Waals surface area contributed by atoms with Crippen molar-refractivity contribution in [2.24, 2.45) is 0 Å². The van der Waals surface area contributed by atoms with Gasteiger partial charge in [-0.05, 0) is 40.8 Å². The summed E-state index contributed by atoms with van der Waals surface area (Å²) in [6.45, 7) is 2.81. The summed E-state index contributed by atoms with van der Waals surface area (Å²) in [6.07, 6.45) is 3.36. The van der Waals surface area contributed by atoms with Crippen LogP contribution in [0, 0.1) is 0 Å². The summed E-state index contributed by atoms with van der Waals surface area (Å²) >= 11 is 12.2. The van der Waals surface area contributed by atoms with E-state index in [-0.39, 0.29) is 22.0 Å². The fourth-order valence-corrected chi connectivity index (χ4v) is 4.76. The minimum absolute atomic E-state index is 0.0722. The van der Waals surface area contributed by atoms with Gasteiger partial charge in [-0.1, -0.05) is 89.9 Å². The Hall–Kier alpha value is -3.12. The van der Waals surface area contributed by atoms with Gasteiger partial charge < -0.3 is 10.4 Å². The second-order valence-corrected chi connectivity index (χ2v) is 9.38. The predicted molar refractivity (Wildman–Crippen MR) is 140 cm³/mol. The van der Waals surface area contributed by atoms with Gasteiger partial charge in [0.25, 0.3) is 5.91 Å². The maximum absolute atomic E-state index is 12.6. The number of carbonyl (C=O) groups is 2. The third-order valence-corrected chi connectivity index (χ3v) is 6.73. The summed E-state index contributed by atoms with van der Waals surface area (Å²) < 4.78 is 0. The highest BCUT2D eigenvalue weighted by Crippen LogP contribution is 2.25. The molecule has 0 saturated heterocycles. The van der Waals surface area contributed by atoms with Crippen molar-refractivity contribution in [3.63, 3.8) is 0 Å². The van der Waals surface area contributed by atoms with Crippen LogP contribution in [-0.2, 0) is 17.8 Å². The first-order chi connectivity index (χ1) is 16.9. The fraction of sp³-hybridized carbons (Fsp3) is 0.214. The topological polar surface area (TPSA) is 69.6 Å². The first kappa shape index (κ1) is 25.0. The smallest absolute Gasteiger partial charge is 0.326 e. The normalized spacial score (nSPS) is 14.7. The minimum Gasteiger partial charge on any atom is -0.480 e. The molecule has 0 spiro atoms. The maximum atomic E-state index is 12.6. The number of nitrogens with one attached hydrogen (secondary N) is 1. The van der Waals surface area contributed by atoms with E-state index >= 15 is 0 Å². The van der Waals surface area contributed by atoms with Crippen LogP contribution in [0.1, 0.15) is 33.5 Å². The Morgan fingerprint density at radius 2 is 1.60 bits per heavy atom. The molecule has 180 valence electrons. The van der Waals surface area contributed by atoms with E-state index in [0.717, 1.165) is 37.2 Å². The number of benzene rings is 3. The van der Waals surface area contributed by atoms with E-state index in [2.05, 4.69) is 40.6 Å². The largest absolute Gasteiger partial charge is 0.480 e. The Kier molecular flexibility index (Phi) is 8.24. The lowest BCUT2D eigenvalue weighted by molar-refractivity contribution is -0.139. The van der Waals surface area contributed by atoms with Crippen LogP contribution < -0.4 is 5.32 Å². The van der Waals surface area contributed by atoms with Gasteiger partial charge in [-0.15, -0.1) is 0 Å². The molecule has 0 aliphatic carbocycles. The fourth-order valence-electron chi connectivity index (χ4n) is 4.19. The molecule has 0 saturated carbocycles. The molecule has 4 rings (SSSR count). The highest BCUT2D eigenvalue weighted by atomic mass is 35.5. The van der Waals surface area contributed by atoms with Crippen molar-refractivity contribution >= 4 is 40.7 Å². The van der Waals surface area contributed by atoms with Crippen LogP contribution in [-0.4, -0.2) is 41.0 Å². The van der Waals surface area contributed by atoms with Crippen molar-refractivity contribution < 1.29 is 14.7 Å². The van der Waals surface area contributed by atoms with Gasteiger partial charge in [-0.3, -0.25) is 9.69 Å². The molecule has 1 amide bonds. The van der Waals surface area contributed by atoms with E-state index in [1.54, 1.807) is 6.07 Å². The molecule has 0 radical (unpaired) electrons. The van der Waals surface area contributed by atoms with E-state index in [4.69, 9.17) is 23.2 Å². The molecule has 1 aliphatic heterocycles. The van der Waals surface area contributed by atoms with Gasteiger partial charge >= 0.3 is 5.97 Å². The molecular weight excluding hydrogens is 483 g/mol. The molecule has 3 aromatic rings. The molecule has 0 bridgehead atoms. The Morgan fingerprint density at radius 1 is 0.914 bits per heavy atom. The minimum atomic E-state index is -1.13. The quantitative estimate of drug-likeness (QED) is 0.408. The van der Waals surface area contributed by atoms with E-state index in [1.807, 2.05) is 30.3 Å². The van der Waals surface area contributed by atoms with Crippen molar-refractivity contribution in [2.75, 3.05) is 13.1 Å². The highest BCUT2D eigenvalue weighted by Gasteiger charge is 2.24. The van der Waals surface area contributed by atoms with Crippen LogP contribution in [0.2, 0.25) is 10.0 Å². The summed E-state index contributed by atoms with van der Waals surface area (Å²) in [7, 11) is 0. The first-order valence-corrected chi connectivity index (χ1v) is 12.2. The van der Waals surface area contributed by atoms with Gasteiger partial charge in [0, 0.05) is 26.1 Å². The van der Waals surface area contributed by atoms with Crippen LogP contribution in [0.4, 0.5) is 0 Å². The molecule has 0 unspecified atom stereocenters. The summed E-state index contributed by atoms with van der Waals surface area (Å²) in [4.78, 5) is 26.9. The van der Waals surface area contributed by atoms with Gasteiger partial charge in [0.05, 0.1) is 15.6 Å². The third kappa shape index (κ3) is 6.51. The molecular formula is C28H26Cl2N2O3. The van der Waals surface area contributed by atoms with Gasteiger partial charge in [-0.25, -0.2) is 4.79 Å². The number of hydrogen-bond acceptors (Lipinski definition) is 3. The summed E-state index contributed by atoms with van der Waals surface area (Å²) in [5.74, 6) is -1.74. The van der Waals surface area contributed by atoms with E-state index in [1.165, 1.54) is 23.3 Å². The molecule has 0 fully saturated rings. The van der Waals surface area contributed by atoms with Gasteiger partial charge in [0.15, 0.2) is 0 Å². The van der Waals surface area contributed by atoms with E-state index in [0.29, 0.717) is 0 Å². The van der Waals surface area contributed by atoms with Crippen LogP contribution in [0.3, 0.4) is 0 Å². The molecule has 5 nitrogen and oxygen atoms in total. The van der Waals surface area contributed by atoms with Crippen molar-refractivity contribution in [1.82, 2.24) is 10.2 Å². The molecule has 1 atom stereocenters. The summed E-state index contributed by atoms with van der Waals surface area (Å²) in [5.41, 5.74) is 4.62. The lowest BCUT2D eigenvalue weighted by Crippen LogP contribution is -2.42. The van der Waals surface area contributed by atoms with Crippen LogP contribution in [0.5, 0.6) is 0 Å². The third-order valence-electron chi connectivity index (χ3n) is 6.10.